The molecule has 19 heavy (non-hydrogen) atoms. The van der Waals surface area contributed by atoms with Crippen LogP contribution in [0.25, 0.3) is 0 Å². The molecule has 1 fully saturated rings. The number of benzene rings is 1. The number of alkyl halides is 1. The Morgan fingerprint density at radius 1 is 1.16 bits per heavy atom. The summed E-state index contributed by atoms with van der Waals surface area (Å²) in [4.78, 5) is 0. The molecule has 1 aromatic rings. The molecule has 0 aromatic heterocycles. The first-order chi connectivity index (χ1) is 9.28. The third kappa shape index (κ3) is 4.22. The molecule has 1 aromatic carbocycles. The second kappa shape index (κ2) is 7.30. The van der Waals surface area contributed by atoms with Crippen LogP contribution in [0.4, 0.5) is 0 Å². The van der Waals surface area contributed by atoms with E-state index in [0.29, 0.717) is 6.61 Å². The molecule has 1 saturated carbocycles. The van der Waals surface area contributed by atoms with Gasteiger partial charge in [0.15, 0.2) is 0 Å². The molecule has 0 spiro atoms. The first-order valence-corrected chi connectivity index (χ1v) is 8.23. The molecule has 0 saturated heterocycles. The molecule has 2 nitrogen and oxygen atoms in total. The minimum absolute atomic E-state index is 0.0274. The molecule has 1 aliphatic rings. The second-order valence-corrected chi connectivity index (χ2v) is 5.93. The van der Waals surface area contributed by atoms with Crippen molar-refractivity contribution in [2.24, 2.45) is 0 Å². The molecule has 106 valence electrons. The first-order valence-electron chi connectivity index (χ1n) is 7.11. The van der Waals surface area contributed by atoms with E-state index in [2.05, 4.69) is 28.1 Å². The molecule has 1 aliphatic carbocycles. The molecule has 2 rings (SSSR count). The van der Waals surface area contributed by atoms with Crippen molar-refractivity contribution in [2.75, 3.05) is 12.4 Å². The Balaban J connectivity index is 1.98. The molecule has 3 heteroatoms. The van der Waals surface area contributed by atoms with E-state index in [1.807, 2.05) is 12.1 Å². The molecular formula is C16H23BrO2. The fourth-order valence-corrected chi connectivity index (χ4v) is 3.41. The van der Waals surface area contributed by atoms with E-state index in [4.69, 9.17) is 9.47 Å². The Labute approximate surface area is 124 Å². The summed E-state index contributed by atoms with van der Waals surface area (Å²) in [5, 5.41) is 0.934. The number of hydrogen-bond acceptors (Lipinski definition) is 2. The number of rotatable bonds is 5. The third-order valence-electron chi connectivity index (χ3n) is 3.94. The monoisotopic (exact) mass is 326 g/mol. The van der Waals surface area contributed by atoms with Crippen molar-refractivity contribution in [3.63, 3.8) is 0 Å². The predicted molar refractivity (Wildman–Crippen MR) is 82.0 cm³/mol. The van der Waals surface area contributed by atoms with E-state index >= 15 is 0 Å². The first kappa shape index (κ1) is 14.9. The molecule has 0 atom stereocenters. The van der Waals surface area contributed by atoms with E-state index in [9.17, 15) is 0 Å². The molecule has 0 bridgehead atoms. The smallest absolute Gasteiger partial charge is 0.119 e. The van der Waals surface area contributed by atoms with Crippen molar-refractivity contribution in [3.8, 4) is 5.75 Å². The fraction of sp³-hybridized carbons (Fsp3) is 0.625. The molecule has 0 unspecified atom stereocenters. The minimum atomic E-state index is 0.0274. The number of ether oxygens (including phenoxy) is 2. The van der Waals surface area contributed by atoms with E-state index in [-0.39, 0.29) is 5.60 Å². The number of halogens is 1. The zero-order valence-corrected chi connectivity index (χ0v) is 13.2. The lowest BCUT2D eigenvalue weighted by Crippen LogP contribution is -2.33. The average molecular weight is 327 g/mol. The van der Waals surface area contributed by atoms with Crippen LogP contribution in [0, 0.1) is 0 Å². The van der Waals surface area contributed by atoms with Crippen molar-refractivity contribution in [2.45, 2.75) is 50.7 Å². The van der Waals surface area contributed by atoms with Gasteiger partial charge in [0.2, 0.25) is 0 Å². The van der Waals surface area contributed by atoms with E-state index in [1.54, 1.807) is 7.11 Å². The largest absolute Gasteiger partial charge is 0.497 e. The normalized spacial score (nSPS) is 18.8. The quantitative estimate of drug-likeness (QED) is 0.576. The maximum atomic E-state index is 6.28. The van der Waals surface area contributed by atoms with Crippen LogP contribution in [0.15, 0.2) is 24.3 Å². The van der Waals surface area contributed by atoms with Crippen molar-refractivity contribution >= 4 is 15.9 Å². The fourth-order valence-electron chi connectivity index (χ4n) is 2.69. The van der Waals surface area contributed by atoms with Crippen LogP contribution in [0.5, 0.6) is 5.75 Å². The van der Waals surface area contributed by atoms with Crippen molar-refractivity contribution < 1.29 is 9.47 Å². The van der Waals surface area contributed by atoms with Crippen LogP contribution in [-0.2, 0) is 11.3 Å². The molecule has 0 heterocycles. The Hall–Kier alpha value is -0.540. The van der Waals surface area contributed by atoms with Gasteiger partial charge in [0.25, 0.3) is 0 Å². The van der Waals surface area contributed by atoms with Gasteiger partial charge in [-0.2, -0.15) is 0 Å². The zero-order valence-electron chi connectivity index (χ0n) is 11.7. The Morgan fingerprint density at radius 2 is 1.89 bits per heavy atom. The number of hydrogen-bond donors (Lipinski definition) is 0. The summed E-state index contributed by atoms with van der Waals surface area (Å²) < 4.78 is 11.5. The van der Waals surface area contributed by atoms with Crippen LogP contribution < -0.4 is 4.74 Å². The van der Waals surface area contributed by atoms with Crippen molar-refractivity contribution in [3.05, 3.63) is 29.8 Å². The number of methoxy groups -OCH3 is 1. The second-order valence-electron chi connectivity index (χ2n) is 5.37. The van der Waals surface area contributed by atoms with Crippen LogP contribution in [0.2, 0.25) is 0 Å². The van der Waals surface area contributed by atoms with Gasteiger partial charge in [-0.3, -0.25) is 0 Å². The van der Waals surface area contributed by atoms with Gasteiger partial charge in [0.1, 0.15) is 5.75 Å². The summed E-state index contributed by atoms with van der Waals surface area (Å²) in [5.41, 5.74) is 1.21. The van der Waals surface area contributed by atoms with E-state index in [0.717, 1.165) is 11.1 Å². The molecular weight excluding hydrogens is 304 g/mol. The molecule has 0 N–H and O–H groups in total. The van der Waals surface area contributed by atoms with E-state index in [1.165, 1.54) is 44.1 Å². The Kier molecular flexibility index (Phi) is 5.71. The standard InChI is InChI=1S/C16H23BrO2/c1-18-15-8-6-7-14(11-15)12-19-16(13-17)9-4-2-3-5-10-16/h6-8,11H,2-5,9-10,12-13H2,1H3. The molecule has 0 radical (unpaired) electrons. The van der Waals surface area contributed by atoms with E-state index < -0.39 is 0 Å². The molecule has 0 aliphatic heterocycles. The Bertz CT molecular complexity index is 384. The zero-order chi connectivity index (χ0) is 13.6. The topological polar surface area (TPSA) is 18.5 Å². The van der Waals surface area contributed by atoms with Gasteiger partial charge < -0.3 is 9.47 Å². The highest BCUT2D eigenvalue weighted by atomic mass is 79.9. The minimum Gasteiger partial charge on any atom is -0.497 e. The summed E-state index contributed by atoms with van der Waals surface area (Å²) in [5.74, 6) is 0.898. The summed E-state index contributed by atoms with van der Waals surface area (Å²) >= 11 is 3.65. The van der Waals surface area contributed by atoms with Gasteiger partial charge in [-0.15, -0.1) is 0 Å². The maximum Gasteiger partial charge on any atom is 0.119 e. The maximum absolute atomic E-state index is 6.28. The third-order valence-corrected chi connectivity index (χ3v) is 4.96. The lowest BCUT2D eigenvalue weighted by Gasteiger charge is -2.31. The average Bonchev–Trinajstić information content (AvgIpc) is 2.71. The predicted octanol–water partition coefficient (Wildman–Crippen LogP) is 4.70. The highest BCUT2D eigenvalue weighted by Gasteiger charge is 2.30. The SMILES string of the molecule is COc1cccc(COC2(CBr)CCCCCC2)c1. The summed E-state index contributed by atoms with van der Waals surface area (Å²) in [7, 11) is 1.70. The van der Waals surface area contributed by atoms with Crippen LogP contribution in [0.3, 0.4) is 0 Å². The van der Waals surface area contributed by atoms with Gasteiger partial charge in [-0.25, -0.2) is 0 Å². The van der Waals surface area contributed by atoms with Gasteiger partial charge in [0, 0.05) is 5.33 Å². The van der Waals surface area contributed by atoms with Crippen LogP contribution >= 0.6 is 15.9 Å². The van der Waals surface area contributed by atoms with Crippen LogP contribution in [-0.4, -0.2) is 18.0 Å². The van der Waals surface area contributed by atoms with Gasteiger partial charge in [0.05, 0.1) is 19.3 Å². The van der Waals surface area contributed by atoms with Gasteiger partial charge in [-0.05, 0) is 30.5 Å². The highest BCUT2D eigenvalue weighted by Crippen LogP contribution is 2.33. The van der Waals surface area contributed by atoms with Crippen LogP contribution in [0.1, 0.15) is 44.1 Å². The summed E-state index contributed by atoms with van der Waals surface area (Å²) in [6.07, 6.45) is 7.59. The van der Waals surface area contributed by atoms with Gasteiger partial charge in [-0.1, -0.05) is 53.7 Å². The van der Waals surface area contributed by atoms with Crippen molar-refractivity contribution in [1.82, 2.24) is 0 Å². The lowest BCUT2D eigenvalue weighted by molar-refractivity contribution is -0.0485. The molecule has 0 amide bonds. The highest BCUT2D eigenvalue weighted by molar-refractivity contribution is 9.09. The van der Waals surface area contributed by atoms with Gasteiger partial charge >= 0.3 is 0 Å². The van der Waals surface area contributed by atoms with Crippen molar-refractivity contribution in [1.29, 1.82) is 0 Å². The summed E-state index contributed by atoms with van der Waals surface area (Å²) in [6.45, 7) is 0.669. The lowest BCUT2D eigenvalue weighted by atomic mass is 9.96. The summed E-state index contributed by atoms with van der Waals surface area (Å²) in [6, 6.07) is 8.14. The Morgan fingerprint density at radius 3 is 2.53 bits per heavy atom.